The van der Waals surface area contributed by atoms with Crippen LogP contribution in [0.3, 0.4) is 0 Å². The van der Waals surface area contributed by atoms with Gasteiger partial charge in [0.2, 0.25) is 11.8 Å². The second-order valence-electron chi connectivity index (χ2n) is 10.5. The van der Waals surface area contributed by atoms with Gasteiger partial charge >= 0.3 is 0 Å². The van der Waals surface area contributed by atoms with Gasteiger partial charge in [-0.05, 0) is 54.4 Å². The Labute approximate surface area is 221 Å². The van der Waals surface area contributed by atoms with E-state index in [0.717, 1.165) is 11.1 Å². The maximum absolute atomic E-state index is 14.3. The van der Waals surface area contributed by atoms with E-state index < -0.39 is 24.0 Å². The van der Waals surface area contributed by atoms with E-state index >= 15 is 0 Å². The van der Waals surface area contributed by atoms with Crippen LogP contribution in [0.4, 0.5) is 5.69 Å². The molecule has 0 saturated carbocycles. The molecule has 0 radical (unpaired) electrons. The molecule has 3 N–H and O–H groups in total. The van der Waals surface area contributed by atoms with Crippen molar-refractivity contribution in [3.05, 3.63) is 77.5 Å². The first-order valence-corrected chi connectivity index (χ1v) is 12.9. The largest absolute Gasteiger partial charge is 0.506 e. The number of rotatable bonds is 7. The van der Waals surface area contributed by atoms with Crippen molar-refractivity contribution < 1.29 is 23.9 Å². The lowest BCUT2D eigenvalue weighted by Gasteiger charge is -2.44. The summed E-state index contributed by atoms with van der Waals surface area (Å²) >= 11 is 0. The first-order valence-electron chi connectivity index (χ1n) is 12.9. The van der Waals surface area contributed by atoms with Crippen LogP contribution in [0.2, 0.25) is 0 Å². The number of oxazole rings is 1. The number of para-hydroxylation sites is 2. The van der Waals surface area contributed by atoms with Gasteiger partial charge in [0.1, 0.15) is 29.8 Å². The molecule has 0 spiro atoms. The first-order chi connectivity index (χ1) is 18.2. The number of aryl methyl sites for hydroxylation is 1. The third kappa shape index (κ3) is 4.88. The minimum atomic E-state index is -1.24. The number of amides is 3. The van der Waals surface area contributed by atoms with Gasteiger partial charge in [0.15, 0.2) is 11.9 Å². The Kier molecular flexibility index (Phi) is 6.93. The fourth-order valence-corrected chi connectivity index (χ4v) is 5.56. The van der Waals surface area contributed by atoms with Crippen LogP contribution < -0.4 is 10.6 Å². The van der Waals surface area contributed by atoms with E-state index in [-0.39, 0.29) is 40.8 Å². The van der Waals surface area contributed by atoms with Gasteiger partial charge in [-0.1, -0.05) is 50.2 Å². The quantitative estimate of drug-likeness (QED) is 0.413. The normalized spacial score (nSPS) is 20.4. The molecule has 0 bridgehead atoms. The van der Waals surface area contributed by atoms with Crippen molar-refractivity contribution in [1.82, 2.24) is 15.2 Å². The molecule has 1 aromatic heterocycles. The summed E-state index contributed by atoms with van der Waals surface area (Å²) in [6.45, 7) is 5.58. The Hall–Kier alpha value is -4.14. The van der Waals surface area contributed by atoms with Gasteiger partial charge in [-0.2, -0.15) is 0 Å². The summed E-state index contributed by atoms with van der Waals surface area (Å²) < 4.78 is 5.43. The molecule has 2 aliphatic rings. The Morgan fingerprint density at radius 1 is 1.13 bits per heavy atom. The average molecular weight is 517 g/mol. The molecule has 1 fully saturated rings. The van der Waals surface area contributed by atoms with E-state index in [1.807, 2.05) is 38.1 Å². The predicted molar refractivity (Wildman–Crippen MR) is 140 cm³/mol. The summed E-state index contributed by atoms with van der Waals surface area (Å²) in [7, 11) is 0. The Morgan fingerprint density at radius 3 is 2.39 bits per heavy atom. The highest BCUT2D eigenvalue weighted by molar-refractivity contribution is 6.03. The summed E-state index contributed by atoms with van der Waals surface area (Å²) in [6, 6.07) is 11.5. The fourth-order valence-electron chi connectivity index (χ4n) is 5.56. The highest BCUT2D eigenvalue weighted by atomic mass is 16.3. The smallest absolute Gasteiger partial charge is 0.253 e. The molecule has 3 amide bonds. The Bertz CT molecular complexity index is 1340. The van der Waals surface area contributed by atoms with Gasteiger partial charge in [0.05, 0.1) is 5.69 Å². The third-order valence-electron chi connectivity index (χ3n) is 7.31. The summed E-state index contributed by atoms with van der Waals surface area (Å²) in [5.41, 5.74) is 2.74. The van der Waals surface area contributed by atoms with E-state index in [1.165, 1.54) is 17.2 Å². The lowest BCUT2D eigenvalue weighted by Crippen LogP contribution is -2.67. The van der Waals surface area contributed by atoms with Gasteiger partial charge in [0.25, 0.3) is 5.91 Å². The maximum atomic E-state index is 14.3. The number of nitrogens with one attached hydrogen (secondary N) is 2. The van der Waals surface area contributed by atoms with Crippen LogP contribution in [0.5, 0.6) is 5.75 Å². The minimum Gasteiger partial charge on any atom is -0.506 e. The topological polar surface area (TPSA) is 125 Å². The molecular formula is C29H32N4O5. The van der Waals surface area contributed by atoms with E-state index in [9.17, 15) is 19.5 Å². The second kappa shape index (κ2) is 10.3. The van der Waals surface area contributed by atoms with Crippen LogP contribution in [0.1, 0.15) is 49.0 Å². The number of fused-ring (bicyclic) bond motifs is 1. The van der Waals surface area contributed by atoms with E-state index in [2.05, 4.69) is 15.6 Å². The number of aromatic nitrogens is 1. The third-order valence-corrected chi connectivity index (χ3v) is 7.31. The number of hydrogen-bond donors (Lipinski definition) is 3. The molecule has 9 nitrogen and oxygen atoms in total. The molecule has 3 atom stereocenters. The van der Waals surface area contributed by atoms with Gasteiger partial charge in [-0.15, -0.1) is 0 Å². The van der Waals surface area contributed by atoms with Crippen molar-refractivity contribution in [1.29, 1.82) is 0 Å². The van der Waals surface area contributed by atoms with Crippen LogP contribution in [0.15, 0.2) is 59.2 Å². The van der Waals surface area contributed by atoms with Crippen molar-refractivity contribution in [3.63, 3.8) is 0 Å². The maximum Gasteiger partial charge on any atom is 0.253 e. The number of aromatic hydroxyl groups is 1. The second-order valence-corrected chi connectivity index (χ2v) is 10.5. The average Bonchev–Trinajstić information content (AvgIpc) is 3.50. The van der Waals surface area contributed by atoms with Gasteiger partial charge in [-0.25, -0.2) is 4.98 Å². The number of hydrogen-bond acceptors (Lipinski definition) is 6. The van der Waals surface area contributed by atoms with Crippen LogP contribution in [-0.4, -0.2) is 44.8 Å². The molecule has 1 aliphatic carbocycles. The SMILES string of the molecule is Cc1nc([C@H](C(=O)Nc2ccccc2O)N2C(=O)[C@@H](C3Cc4ccccc4C3)NC(=O)[C@H]2CC(C)C)co1. The van der Waals surface area contributed by atoms with Gasteiger partial charge in [0, 0.05) is 6.92 Å². The number of benzene rings is 2. The lowest BCUT2D eigenvalue weighted by molar-refractivity contribution is -0.157. The van der Waals surface area contributed by atoms with Crippen molar-refractivity contribution in [3.8, 4) is 5.75 Å². The molecule has 2 heterocycles. The number of carbonyl (C=O) groups is 3. The van der Waals surface area contributed by atoms with Crippen LogP contribution in [0.25, 0.3) is 0 Å². The van der Waals surface area contributed by atoms with Gasteiger partial charge in [-0.3, -0.25) is 14.4 Å². The molecule has 1 saturated heterocycles. The van der Waals surface area contributed by atoms with Crippen LogP contribution in [-0.2, 0) is 27.2 Å². The van der Waals surface area contributed by atoms with E-state index in [1.54, 1.807) is 25.1 Å². The summed E-state index contributed by atoms with van der Waals surface area (Å²) in [6.07, 6.45) is 3.03. The lowest BCUT2D eigenvalue weighted by atomic mass is 9.88. The monoisotopic (exact) mass is 516 g/mol. The molecule has 1 aliphatic heterocycles. The molecule has 5 rings (SSSR count). The Morgan fingerprint density at radius 2 is 1.79 bits per heavy atom. The van der Waals surface area contributed by atoms with Crippen molar-refractivity contribution in [2.45, 2.75) is 58.2 Å². The zero-order chi connectivity index (χ0) is 27.0. The number of piperazine rings is 1. The molecule has 9 heteroatoms. The molecule has 198 valence electrons. The van der Waals surface area contributed by atoms with E-state index in [0.29, 0.717) is 25.2 Å². The highest BCUT2D eigenvalue weighted by Crippen LogP contribution is 2.36. The van der Waals surface area contributed by atoms with Crippen LogP contribution >= 0.6 is 0 Å². The number of nitrogens with zero attached hydrogens (tertiary/aromatic N) is 2. The van der Waals surface area contributed by atoms with Gasteiger partial charge < -0.3 is 25.1 Å². The predicted octanol–water partition coefficient (Wildman–Crippen LogP) is 3.53. The van der Waals surface area contributed by atoms with Crippen molar-refractivity contribution >= 4 is 23.4 Å². The number of carbonyl (C=O) groups excluding carboxylic acids is 3. The highest BCUT2D eigenvalue weighted by Gasteiger charge is 2.50. The summed E-state index contributed by atoms with van der Waals surface area (Å²) in [5.74, 6) is -1.05. The zero-order valence-corrected chi connectivity index (χ0v) is 21.7. The van der Waals surface area contributed by atoms with Crippen molar-refractivity contribution in [2.75, 3.05) is 5.32 Å². The summed E-state index contributed by atoms with van der Waals surface area (Å²) in [5, 5.41) is 16.0. The first kappa shape index (κ1) is 25.5. The Balaban J connectivity index is 1.54. The zero-order valence-electron chi connectivity index (χ0n) is 21.7. The molecular weight excluding hydrogens is 484 g/mol. The number of anilines is 1. The number of phenolic OH excluding ortho intramolecular Hbond substituents is 1. The standard InChI is InChI=1S/C29H32N4O5/c1-16(2)12-23-27(35)32-25(20-13-18-8-4-5-9-19(18)14-20)29(37)33(23)26(22-15-38-17(3)30-22)28(36)31-21-10-6-7-11-24(21)34/h4-11,15-16,20,23,25-26,34H,12-14H2,1-3H3,(H,31,36)(H,32,35)/t23-,25-,26-/m1/s1. The molecule has 0 unspecified atom stereocenters. The molecule has 2 aromatic carbocycles. The summed E-state index contributed by atoms with van der Waals surface area (Å²) in [4.78, 5) is 47.5. The molecule has 3 aromatic rings. The minimum absolute atomic E-state index is 0.0780. The fraction of sp³-hybridized carbons (Fsp3) is 0.379. The number of phenols is 1. The van der Waals surface area contributed by atoms with Crippen LogP contribution in [0, 0.1) is 18.8 Å². The molecule has 38 heavy (non-hydrogen) atoms. The van der Waals surface area contributed by atoms with Crippen molar-refractivity contribution in [2.24, 2.45) is 11.8 Å². The van der Waals surface area contributed by atoms with E-state index in [4.69, 9.17) is 4.42 Å².